The lowest BCUT2D eigenvalue weighted by atomic mass is 9.91. The highest BCUT2D eigenvalue weighted by Gasteiger charge is 2.29. The van der Waals surface area contributed by atoms with Crippen molar-refractivity contribution in [2.75, 3.05) is 36.4 Å². The molecular formula is C24H22F2N6O. The molecule has 2 aromatic carbocycles. The Labute approximate surface area is 189 Å². The summed E-state index contributed by atoms with van der Waals surface area (Å²) in [5.41, 5.74) is 2.15. The minimum absolute atomic E-state index is 0.0404. The molecule has 0 unspecified atom stereocenters. The van der Waals surface area contributed by atoms with Crippen molar-refractivity contribution in [2.24, 2.45) is 0 Å². The van der Waals surface area contributed by atoms with Crippen LogP contribution in [0.2, 0.25) is 0 Å². The summed E-state index contributed by atoms with van der Waals surface area (Å²) in [6.45, 7) is 2.90. The Morgan fingerprint density at radius 1 is 1.03 bits per heavy atom. The molecule has 3 aromatic rings. The van der Waals surface area contributed by atoms with Crippen molar-refractivity contribution < 1.29 is 13.6 Å². The summed E-state index contributed by atoms with van der Waals surface area (Å²) in [6.07, 6.45) is 0.943. The van der Waals surface area contributed by atoms with Crippen molar-refractivity contribution in [3.8, 4) is 6.07 Å². The van der Waals surface area contributed by atoms with Gasteiger partial charge in [0.05, 0.1) is 22.7 Å². The summed E-state index contributed by atoms with van der Waals surface area (Å²) in [6, 6.07) is 10.9. The van der Waals surface area contributed by atoms with Gasteiger partial charge in [0.1, 0.15) is 17.4 Å². The van der Waals surface area contributed by atoms with E-state index in [0.29, 0.717) is 79.4 Å². The van der Waals surface area contributed by atoms with E-state index in [0.717, 1.165) is 12.1 Å². The number of nitrogens with zero attached hydrogens (tertiary/aromatic N) is 5. The van der Waals surface area contributed by atoms with Crippen LogP contribution in [0.4, 0.5) is 20.4 Å². The fourth-order valence-corrected chi connectivity index (χ4v) is 4.24. The van der Waals surface area contributed by atoms with E-state index < -0.39 is 11.6 Å². The van der Waals surface area contributed by atoms with E-state index in [-0.39, 0.29) is 11.8 Å². The number of anilines is 2. The van der Waals surface area contributed by atoms with Gasteiger partial charge in [-0.2, -0.15) is 5.26 Å². The van der Waals surface area contributed by atoms with Gasteiger partial charge in [-0.1, -0.05) is 0 Å². The lowest BCUT2D eigenvalue weighted by molar-refractivity contribution is -0.124. The minimum atomic E-state index is -0.446. The van der Waals surface area contributed by atoms with Gasteiger partial charge < -0.3 is 10.2 Å². The number of rotatable bonds is 5. The molecule has 33 heavy (non-hydrogen) atoms. The number of carbonyl (C=O) groups is 1. The quantitative estimate of drug-likeness (QED) is 0.641. The zero-order valence-electron chi connectivity index (χ0n) is 17.9. The van der Waals surface area contributed by atoms with Gasteiger partial charge in [-0.25, -0.2) is 18.7 Å². The van der Waals surface area contributed by atoms with Gasteiger partial charge in [0.2, 0.25) is 0 Å². The molecule has 1 N–H and O–H groups in total. The van der Waals surface area contributed by atoms with E-state index in [2.05, 4.69) is 21.2 Å². The second kappa shape index (κ2) is 8.71. The second-order valence-corrected chi connectivity index (χ2v) is 8.50. The molecule has 2 fully saturated rings. The molecule has 0 amide bonds. The number of ketones is 1. The molecule has 5 rings (SSSR count). The first kappa shape index (κ1) is 21.2. The molecule has 0 bridgehead atoms. The van der Waals surface area contributed by atoms with Crippen LogP contribution < -0.4 is 10.2 Å². The maximum Gasteiger partial charge on any atom is 0.172 e. The Morgan fingerprint density at radius 3 is 2.55 bits per heavy atom. The number of nitrogens with one attached hydrogen (secondary N) is 1. The number of carbonyl (C=O) groups excluding carboxylic acids is 1. The van der Waals surface area contributed by atoms with Crippen molar-refractivity contribution in [1.29, 1.82) is 5.26 Å². The first-order chi connectivity index (χ1) is 16.0. The lowest BCUT2D eigenvalue weighted by Gasteiger charge is -2.36. The summed E-state index contributed by atoms with van der Waals surface area (Å²) >= 11 is 0. The molecule has 1 saturated carbocycles. The van der Waals surface area contributed by atoms with Gasteiger partial charge in [0.15, 0.2) is 11.6 Å². The molecule has 9 heteroatoms. The Bertz CT molecular complexity index is 1260. The van der Waals surface area contributed by atoms with E-state index >= 15 is 0 Å². The maximum absolute atomic E-state index is 14.0. The van der Waals surface area contributed by atoms with Crippen LogP contribution in [0.1, 0.15) is 24.0 Å². The summed E-state index contributed by atoms with van der Waals surface area (Å²) in [5, 5.41) is 12.6. The van der Waals surface area contributed by atoms with Gasteiger partial charge in [-0.15, -0.1) is 0 Å². The highest BCUT2D eigenvalue weighted by atomic mass is 19.1. The number of fused-ring (bicyclic) bond motifs is 1. The normalized spacial score (nSPS) is 17.1. The molecule has 1 aromatic heterocycles. The minimum Gasteiger partial charge on any atom is -0.363 e. The summed E-state index contributed by atoms with van der Waals surface area (Å²) < 4.78 is 27.6. The van der Waals surface area contributed by atoms with Gasteiger partial charge in [0, 0.05) is 57.2 Å². The largest absolute Gasteiger partial charge is 0.363 e. The number of piperazine rings is 1. The number of aromatic nitrogens is 2. The molecule has 2 aliphatic rings. The van der Waals surface area contributed by atoms with Crippen molar-refractivity contribution in [2.45, 2.75) is 25.4 Å². The number of Topliss-reactive ketones (excluding diaryl/α,β-unsaturated/α-hetero) is 1. The number of halogens is 2. The summed E-state index contributed by atoms with van der Waals surface area (Å²) in [4.78, 5) is 25.2. The number of benzene rings is 2. The first-order valence-corrected chi connectivity index (χ1v) is 10.9. The average molecular weight is 448 g/mol. The Kier molecular flexibility index (Phi) is 5.60. The summed E-state index contributed by atoms with van der Waals surface area (Å²) in [7, 11) is 0. The fourth-order valence-electron chi connectivity index (χ4n) is 4.24. The van der Waals surface area contributed by atoms with Crippen LogP contribution in [-0.4, -0.2) is 52.9 Å². The van der Waals surface area contributed by atoms with Crippen LogP contribution >= 0.6 is 0 Å². The van der Waals surface area contributed by atoms with Crippen LogP contribution in [0.15, 0.2) is 36.4 Å². The smallest absolute Gasteiger partial charge is 0.172 e. The predicted molar refractivity (Wildman–Crippen MR) is 120 cm³/mol. The van der Waals surface area contributed by atoms with Crippen molar-refractivity contribution >= 4 is 28.5 Å². The van der Waals surface area contributed by atoms with Gasteiger partial charge in [0.25, 0.3) is 0 Å². The van der Waals surface area contributed by atoms with Crippen molar-refractivity contribution in [3.05, 3.63) is 59.2 Å². The van der Waals surface area contributed by atoms with Crippen LogP contribution in [0, 0.1) is 23.0 Å². The molecule has 1 aliphatic heterocycles. The maximum atomic E-state index is 14.0. The van der Waals surface area contributed by atoms with Crippen molar-refractivity contribution in [1.82, 2.24) is 14.9 Å². The van der Waals surface area contributed by atoms with E-state index in [9.17, 15) is 18.8 Å². The van der Waals surface area contributed by atoms with Gasteiger partial charge in [-0.3, -0.25) is 9.69 Å². The summed E-state index contributed by atoms with van der Waals surface area (Å²) in [5.74, 6) is 0.662. The third-order valence-electron chi connectivity index (χ3n) is 6.14. The molecule has 0 atom stereocenters. The molecule has 1 saturated heterocycles. The molecule has 168 valence electrons. The van der Waals surface area contributed by atoms with Crippen LogP contribution in [0.25, 0.3) is 11.0 Å². The van der Waals surface area contributed by atoms with Crippen LogP contribution in [0.3, 0.4) is 0 Å². The number of hydrogen-bond donors (Lipinski definition) is 1. The van der Waals surface area contributed by atoms with E-state index in [4.69, 9.17) is 9.97 Å². The molecule has 7 nitrogen and oxygen atoms in total. The van der Waals surface area contributed by atoms with Crippen LogP contribution in [0.5, 0.6) is 0 Å². The molecule has 0 spiro atoms. The monoisotopic (exact) mass is 448 g/mol. The molecular weight excluding hydrogens is 426 g/mol. The predicted octanol–water partition coefficient (Wildman–Crippen LogP) is 3.25. The highest BCUT2D eigenvalue weighted by Crippen LogP contribution is 2.30. The SMILES string of the molecule is N#Cc1ccc2nc(NC3CC(=O)C3)c(N3CCN(Cc4cc(F)ccc4F)CC3)nc2c1. The van der Waals surface area contributed by atoms with Crippen LogP contribution in [-0.2, 0) is 11.3 Å². The Morgan fingerprint density at radius 2 is 1.82 bits per heavy atom. The Hall–Kier alpha value is -3.64. The van der Waals surface area contributed by atoms with E-state index in [1.54, 1.807) is 18.2 Å². The molecule has 0 radical (unpaired) electrons. The standard InChI is InChI=1S/C24H22F2N6O/c25-17-2-3-20(26)16(10-17)14-31-5-7-32(8-6-31)24-23(28-18-11-19(33)12-18)29-21-4-1-15(13-27)9-22(21)30-24/h1-4,9-10,18H,5-8,11-12,14H2,(H,28,29). The number of nitriles is 1. The van der Waals surface area contributed by atoms with Crippen molar-refractivity contribution in [3.63, 3.8) is 0 Å². The third-order valence-corrected chi connectivity index (χ3v) is 6.14. The Balaban J connectivity index is 1.37. The fraction of sp³-hybridized carbons (Fsp3) is 0.333. The van der Waals surface area contributed by atoms with E-state index in [1.165, 1.54) is 6.07 Å². The zero-order valence-corrected chi connectivity index (χ0v) is 17.9. The number of hydrogen-bond acceptors (Lipinski definition) is 7. The van der Waals surface area contributed by atoms with Gasteiger partial charge >= 0.3 is 0 Å². The highest BCUT2D eigenvalue weighted by molar-refractivity contribution is 5.88. The second-order valence-electron chi connectivity index (χ2n) is 8.50. The van der Waals surface area contributed by atoms with E-state index in [1.807, 2.05) is 0 Å². The molecule has 2 heterocycles. The lowest BCUT2D eigenvalue weighted by Crippen LogP contribution is -2.47. The third kappa shape index (κ3) is 4.47. The topological polar surface area (TPSA) is 85.1 Å². The van der Waals surface area contributed by atoms with Gasteiger partial charge in [-0.05, 0) is 36.4 Å². The first-order valence-electron chi connectivity index (χ1n) is 10.9. The average Bonchev–Trinajstić information content (AvgIpc) is 2.80. The molecule has 1 aliphatic carbocycles. The zero-order chi connectivity index (χ0) is 22.9.